The van der Waals surface area contributed by atoms with Crippen molar-refractivity contribution in [1.29, 1.82) is 0 Å². The van der Waals surface area contributed by atoms with Crippen molar-refractivity contribution >= 4 is 23.2 Å². The number of benzene rings is 2. The van der Waals surface area contributed by atoms with E-state index in [1.807, 2.05) is 47.0 Å². The minimum absolute atomic E-state index is 0.0739. The molecule has 2 aliphatic rings. The Balaban J connectivity index is 1.59. The molecule has 2 heterocycles. The van der Waals surface area contributed by atoms with Crippen LogP contribution in [0.4, 0.5) is 5.69 Å². The van der Waals surface area contributed by atoms with Crippen LogP contribution in [0.15, 0.2) is 59.4 Å². The average molecular weight is 506 g/mol. The predicted molar refractivity (Wildman–Crippen MR) is 142 cm³/mol. The van der Waals surface area contributed by atoms with Crippen LogP contribution < -0.4 is 15.2 Å². The SMILES string of the molecule is CCCCOc1c2n(c(CC3(c4ccc(Cl)cc4)CCCC3)nc1=O)CCN(c1ccccc1)C2=O. The molecule has 188 valence electrons. The first-order chi connectivity index (χ1) is 17.5. The molecule has 2 aromatic carbocycles. The van der Waals surface area contributed by atoms with Crippen LogP contribution in [0.3, 0.4) is 0 Å². The van der Waals surface area contributed by atoms with Gasteiger partial charge in [-0.15, -0.1) is 0 Å². The van der Waals surface area contributed by atoms with Gasteiger partial charge in [0, 0.05) is 35.6 Å². The lowest BCUT2D eigenvalue weighted by atomic mass is 9.76. The van der Waals surface area contributed by atoms with Gasteiger partial charge in [-0.3, -0.25) is 9.59 Å². The maximum Gasteiger partial charge on any atom is 0.316 e. The maximum atomic E-state index is 13.8. The number of unbranched alkanes of at least 4 members (excludes halogenated alkanes) is 1. The summed E-state index contributed by atoms with van der Waals surface area (Å²) in [6.45, 7) is 3.51. The first-order valence-electron chi connectivity index (χ1n) is 12.9. The second-order valence-electron chi connectivity index (χ2n) is 9.83. The zero-order chi connectivity index (χ0) is 25.1. The summed E-state index contributed by atoms with van der Waals surface area (Å²) in [5, 5.41) is 0.707. The van der Waals surface area contributed by atoms with E-state index in [9.17, 15) is 9.59 Å². The van der Waals surface area contributed by atoms with Crippen molar-refractivity contribution in [1.82, 2.24) is 9.55 Å². The number of nitrogens with zero attached hydrogens (tertiary/aromatic N) is 3. The molecule has 36 heavy (non-hydrogen) atoms. The zero-order valence-electron chi connectivity index (χ0n) is 20.7. The number of ether oxygens (including phenoxy) is 1. The first-order valence-corrected chi connectivity index (χ1v) is 13.3. The van der Waals surface area contributed by atoms with Crippen LogP contribution in [-0.4, -0.2) is 28.6 Å². The highest BCUT2D eigenvalue weighted by Crippen LogP contribution is 2.44. The molecule has 1 aromatic heterocycles. The molecule has 1 aliphatic heterocycles. The summed E-state index contributed by atoms with van der Waals surface area (Å²) >= 11 is 6.18. The minimum atomic E-state index is -0.458. The molecular formula is C29H32ClN3O3. The molecular weight excluding hydrogens is 474 g/mol. The highest BCUT2D eigenvalue weighted by atomic mass is 35.5. The molecule has 0 spiro atoms. The Morgan fingerprint density at radius 1 is 1.00 bits per heavy atom. The number of carbonyl (C=O) groups excluding carboxylic acids is 1. The number of rotatable bonds is 8. The van der Waals surface area contributed by atoms with E-state index in [2.05, 4.69) is 24.0 Å². The fraction of sp³-hybridized carbons (Fsp3) is 0.414. The summed E-state index contributed by atoms with van der Waals surface area (Å²) in [5.41, 5.74) is 1.76. The van der Waals surface area contributed by atoms with Crippen molar-refractivity contribution in [3.05, 3.63) is 87.1 Å². The van der Waals surface area contributed by atoms with E-state index >= 15 is 0 Å². The first kappa shape index (κ1) is 24.6. The monoisotopic (exact) mass is 505 g/mol. The Morgan fingerprint density at radius 2 is 1.72 bits per heavy atom. The van der Waals surface area contributed by atoms with Gasteiger partial charge in [0.25, 0.3) is 5.91 Å². The minimum Gasteiger partial charge on any atom is -0.486 e. The van der Waals surface area contributed by atoms with Gasteiger partial charge in [-0.25, -0.2) is 0 Å². The van der Waals surface area contributed by atoms with Crippen molar-refractivity contribution in [2.75, 3.05) is 18.1 Å². The summed E-state index contributed by atoms with van der Waals surface area (Å²) in [5.74, 6) is 0.521. The number of hydrogen-bond donors (Lipinski definition) is 0. The highest BCUT2D eigenvalue weighted by Gasteiger charge is 2.39. The standard InChI is InChI=1S/C29H32ClN3O3/c1-2-3-19-36-26-25-28(35)32(23-9-5-4-6-10-23)17-18-33(25)24(31-27(26)34)20-29(15-7-8-16-29)21-11-13-22(30)14-12-21/h4-6,9-14H,2-3,7-8,15-20H2,1H3. The summed E-state index contributed by atoms with van der Waals surface area (Å²) in [7, 11) is 0. The van der Waals surface area contributed by atoms with Gasteiger partial charge in [-0.2, -0.15) is 4.98 Å². The fourth-order valence-electron chi connectivity index (χ4n) is 5.63. The Kier molecular flexibility index (Phi) is 7.15. The van der Waals surface area contributed by atoms with Crippen molar-refractivity contribution in [2.45, 2.75) is 63.8 Å². The number of aromatic nitrogens is 2. The molecule has 0 bridgehead atoms. The van der Waals surface area contributed by atoms with Crippen molar-refractivity contribution in [2.24, 2.45) is 0 Å². The van der Waals surface area contributed by atoms with Crippen LogP contribution in [0.5, 0.6) is 5.75 Å². The van der Waals surface area contributed by atoms with Gasteiger partial charge in [0.15, 0.2) is 5.69 Å². The van der Waals surface area contributed by atoms with Gasteiger partial charge in [0.05, 0.1) is 6.61 Å². The van der Waals surface area contributed by atoms with Crippen LogP contribution in [0, 0.1) is 0 Å². The molecule has 0 atom stereocenters. The third-order valence-electron chi connectivity index (χ3n) is 7.54. The summed E-state index contributed by atoms with van der Waals surface area (Å²) < 4.78 is 7.87. The van der Waals surface area contributed by atoms with E-state index in [-0.39, 0.29) is 17.1 Å². The van der Waals surface area contributed by atoms with E-state index in [0.29, 0.717) is 42.7 Å². The van der Waals surface area contributed by atoms with Crippen LogP contribution in [0.1, 0.15) is 67.3 Å². The fourth-order valence-corrected chi connectivity index (χ4v) is 5.75. The Bertz CT molecular complexity index is 1280. The molecule has 0 saturated heterocycles. The number of hydrogen-bond acceptors (Lipinski definition) is 4. The Hall–Kier alpha value is -3.12. The van der Waals surface area contributed by atoms with E-state index in [0.717, 1.165) is 44.2 Å². The molecule has 1 saturated carbocycles. The molecule has 0 N–H and O–H groups in total. The van der Waals surface area contributed by atoms with Gasteiger partial charge < -0.3 is 14.2 Å². The smallest absolute Gasteiger partial charge is 0.316 e. The number of para-hydroxylation sites is 1. The zero-order valence-corrected chi connectivity index (χ0v) is 21.5. The molecule has 6 nitrogen and oxygen atoms in total. The number of carbonyl (C=O) groups is 1. The third kappa shape index (κ3) is 4.66. The van der Waals surface area contributed by atoms with Crippen LogP contribution in [0.2, 0.25) is 5.02 Å². The number of fused-ring (bicyclic) bond motifs is 1. The topological polar surface area (TPSA) is 64.4 Å². The van der Waals surface area contributed by atoms with E-state index in [4.69, 9.17) is 16.3 Å². The van der Waals surface area contributed by atoms with Crippen LogP contribution >= 0.6 is 11.6 Å². The number of amides is 1. The van der Waals surface area contributed by atoms with Gasteiger partial charge in [0.2, 0.25) is 5.75 Å². The number of halogens is 1. The lowest BCUT2D eigenvalue weighted by molar-refractivity contribution is 0.0955. The quantitative estimate of drug-likeness (QED) is 0.363. The summed E-state index contributed by atoms with van der Waals surface area (Å²) in [6, 6.07) is 17.6. The van der Waals surface area contributed by atoms with E-state index < -0.39 is 5.56 Å². The molecule has 7 heteroatoms. The average Bonchev–Trinajstić information content (AvgIpc) is 3.36. The third-order valence-corrected chi connectivity index (χ3v) is 7.79. The summed E-state index contributed by atoms with van der Waals surface area (Å²) in [4.78, 5) is 33.4. The van der Waals surface area contributed by atoms with Crippen molar-refractivity contribution in [3.8, 4) is 5.75 Å². The van der Waals surface area contributed by atoms with Crippen LogP contribution in [0.25, 0.3) is 0 Å². The molecule has 1 fully saturated rings. The van der Waals surface area contributed by atoms with Gasteiger partial charge in [0.1, 0.15) is 5.82 Å². The number of anilines is 1. The molecule has 3 aromatic rings. The molecule has 1 aliphatic carbocycles. The van der Waals surface area contributed by atoms with Gasteiger partial charge >= 0.3 is 5.56 Å². The predicted octanol–water partition coefficient (Wildman–Crippen LogP) is 5.79. The normalized spacial score (nSPS) is 16.7. The Labute approximate surface area is 216 Å². The second kappa shape index (κ2) is 10.5. The van der Waals surface area contributed by atoms with Gasteiger partial charge in [-0.05, 0) is 49.1 Å². The lowest BCUT2D eigenvalue weighted by Crippen LogP contribution is -2.44. The largest absolute Gasteiger partial charge is 0.486 e. The van der Waals surface area contributed by atoms with Crippen molar-refractivity contribution in [3.63, 3.8) is 0 Å². The lowest BCUT2D eigenvalue weighted by Gasteiger charge is -2.35. The second-order valence-corrected chi connectivity index (χ2v) is 10.3. The van der Waals surface area contributed by atoms with Crippen molar-refractivity contribution < 1.29 is 9.53 Å². The van der Waals surface area contributed by atoms with E-state index in [1.54, 1.807) is 4.90 Å². The molecule has 1 amide bonds. The maximum absolute atomic E-state index is 13.8. The molecule has 0 unspecified atom stereocenters. The highest BCUT2D eigenvalue weighted by molar-refractivity contribution is 6.30. The van der Waals surface area contributed by atoms with Crippen LogP contribution in [-0.2, 0) is 18.4 Å². The summed E-state index contributed by atoms with van der Waals surface area (Å²) in [6.07, 6.45) is 6.61. The molecule has 5 rings (SSSR count). The molecule has 0 radical (unpaired) electrons. The van der Waals surface area contributed by atoms with E-state index in [1.165, 1.54) is 5.56 Å². The van der Waals surface area contributed by atoms with Gasteiger partial charge in [-0.1, -0.05) is 68.1 Å². The Morgan fingerprint density at radius 3 is 2.42 bits per heavy atom.